The minimum Gasteiger partial charge on any atom is -0.367 e. The largest absolute Gasteiger partial charge is 0.417 e. The van der Waals surface area contributed by atoms with Crippen LogP contribution in [-0.2, 0) is 6.18 Å². The van der Waals surface area contributed by atoms with E-state index in [0.29, 0.717) is 18.9 Å². The highest BCUT2D eigenvalue weighted by Crippen LogP contribution is 2.30. The number of halogens is 3. The van der Waals surface area contributed by atoms with Gasteiger partial charge in [0.05, 0.1) is 16.8 Å². The molecule has 0 amide bonds. The first-order chi connectivity index (χ1) is 15.9. The van der Waals surface area contributed by atoms with E-state index in [1.54, 1.807) is 0 Å². The molecule has 2 heterocycles. The van der Waals surface area contributed by atoms with Gasteiger partial charge in [0, 0.05) is 45.2 Å². The molecule has 180 valence electrons. The van der Waals surface area contributed by atoms with E-state index in [-0.39, 0.29) is 6.04 Å². The summed E-state index contributed by atoms with van der Waals surface area (Å²) in [6.45, 7) is 6.78. The first-order valence-corrected chi connectivity index (χ1v) is 11.9. The molecule has 0 radical (unpaired) electrons. The molecule has 1 saturated heterocycles. The summed E-state index contributed by atoms with van der Waals surface area (Å²) in [7, 11) is 0. The summed E-state index contributed by atoms with van der Waals surface area (Å²) < 4.78 is 39.7. The topological polar surface area (TPSA) is 42.6 Å². The van der Waals surface area contributed by atoms with Crippen LogP contribution in [-0.4, -0.2) is 53.4 Å². The van der Waals surface area contributed by atoms with Crippen LogP contribution in [0.4, 0.5) is 24.7 Å². The van der Waals surface area contributed by atoms with Crippen LogP contribution in [0.1, 0.15) is 57.1 Å². The van der Waals surface area contributed by atoms with Gasteiger partial charge in [-0.25, -0.2) is 4.98 Å². The number of hydroxylamine groups is 1. The molecule has 2 fully saturated rings. The Morgan fingerprint density at radius 2 is 1.58 bits per heavy atom. The molecule has 2 aliphatic rings. The van der Waals surface area contributed by atoms with Gasteiger partial charge in [-0.3, -0.25) is 5.21 Å². The summed E-state index contributed by atoms with van der Waals surface area (Å²) in [4.78, 5) is 8.27. The number of aromatic nitrogens is 1. The van der Waals surface area contributed by atoms with Crippen LogP contribution in [0, 0.1) is 0 Å². The van der Waals surface area contributed by atoms with E-state index in [4.69, 9.17) is 0 Å². The van der Waals surface area contributed by atoms with E-state index in [2.05, 4.69) is 9.88 Å². The molecule has 1 aromatic heterocycles. The molecule has 1 saturated carbocycles. The lowest BCUT2D eigenvalue weighted by atomic mass is 9.96. The van der Waals surface area contributed by atoms with Crippen molar-refractivity contribution >= 4 is 17.7 Å². The number of piperazine rings is 1. The first kappa shape index (κ1) is 24.9. The van der Waals surface area contributed by atoms with Gasteiger partial charge in [-0.2, -0.15) is 13.2 Å². The van der Waals surface area contributed by atoms with Gasteiger partial charge in [0.25, 0.3) is 0 Å². The minimum atomic E-state index is -4.37. The van der Waals surface area contributed by atoms with Gasteiger partial charge < -0.3 is 9.80 Å². The normalized spacial score (nSPS) is 18.0. The highest BCUT2D eigenvalue weighted by molar-refractivity contribution is 5.85. The van der Waals surface area contributed by atoms with E-state index < -0.39 is 11.7 Å². The van der Waals surface area contributed by atoms with Crippen LogP contribution in [0.15, 0.2) is 42.6 Å². The maximum Gasteiger partial charge on any atom is 0.417 e. The van der Waals surface area contributed by atoms with Gasteiger partial charge >= 0.3 is 6.18 Å². The fourth-order valence-electron chi connectivity index (χ4n) is 4.40. The monoisotopic (exact) mass is 463 g/mol. The average Bonchev–Trinajstić information content (AvgIpc) is 2.86. The molecule has 0 unspecified atom stereocenters. The van der Waals surface area contributed by atoms with Crippen molar-refractivity contribution in [2.45, 2.75) is 58.2 Å². The number of rotatable bonds is 4. The Morgan fingerprint density at radius 1 is 0.939 bits per heavy atom. The van der Waals surface area contributed by atoms with Gasteiger partial charge in [0.1, 0.15) is 5.82 Å². The third kappa shape index (κ3) is 6.39. The van der Waals surface area contributed by atoms with Gasteiger partial charge in [-0.05, 0) is 41.8 Å². The molecular formula is C25H34F3N4O+. The van der Waals surface area contributed by atoms with Gasteiger partial charge in [0.15, 0.2) is 0 Å². The Morgan fingerprint density at radius 3 is 2.18 bits per heavy atom. The number of nitrogens with zero attached hydrogens (tertiary/aromatic N) is 4. The van der Waals surface area contributed by atoms with Crippen LogP contribution in [0.2, 0.25) is 0 Å². The van der Waals surface area contributed by atoms with E-state index in [9.17, 15) is 18.4 Å². The minimum absolute atomic E-state index is 0.171. The summed E-state index contributed by atoms with van der Waals surface area (Å²) in [5.41, 5.74) is 1.29. The summed E-state index contributed by atoms with van der Waals surface area (Å²) in [5, 5.41) is 10.6. The van der Waals surface area contributed by atoms with Crippen molar-refractivity contribution in [1.29, 1.82) is 0 Å². The fraction of sp³-hybridized carbons (Fsp3) is 0.520. The average molecular weight is 464 g/mol. The van der Waals surface area contributed by atoms with Gasteiger partial charge in [-0.1, -0.05) is 32.4 Å². The third-order valence-electron chi connectivity index (χ3n) is 6.18. The molecule has 1 aliphatic carbocycles. The standard InChI is InChI=1S/C23H28F3N4O.C2H6/c24-23(25,26)19-10-11-22(27-16-19)29-14-12-28(13-15-29)21-9-5-4-6-18(21)17-30(31)20-7-2-1-3-8-20;1-2/h4-6,9-11,16-17,20,31H,1-3,7-8,12-15H2;1-2H3/q+1;. The lowest BCUT2D eigenvalue weighted by Crippen LogP contribution is -2.47. The summed E-state index contributed by atoms with van der Waals surface area (Å²) in [6.07, 6.45) is 3.90. The van der Waals surface area contributed by atoms with E-state index >= 15 is 0 Å². The van der Waals surface area contributed by atoms with Crippen molar-refractivity contribution in [3.8, 4) is 0 Å². The zero-order valence-corrected chi connectivity index (χ0v) is 19.4. The smallest absolute Gasteiger partial charge is 0.367 e. The van der Waals surface area contributed by atoms with Crippen molar-refractivity contribution in [2.75, 3.05) is 36.0 Å². The Labute approximate surface area is 194 Å². The summed E-state index contributed by atoms with van der Waals surface area (Å²) in [5.74, 6) is 0.561. The number of hydrogen-bond donors (Lipinski definition) is 1. The fourth-order valence-corrected chi connectivity index (χ4v) is 4.40. The Hall–Kier alpha value is -2.77. The predicted octanol–water partition coefficient (Wildman–Crippen LogP) is 5.61. The molecule has 1 N–H and O–H groups in total. The second-order valence-corrected chi connectivity index (χ2v) is 8.24. The van der Waals surface area contributed by atoms with Crippen molar-refractivity contribution < 1.29 is 23.1 Å². The van der Waals surface area contributed by atoms with E-state index in [0.717, 1.165) is 62.3 Å². The predicted molar refractivity (Wildman–Crippen MR) is 126 cm³/mol. The molecule has 33 heavy (non-hydrogen) atoms. The van der Waals surface area contributed by atoms with Crippen LogP contribution in [0.25, 0.3) is 0 Å². The quantitative estimate of drug-likeness (QED) is 0.277. The maximum absolute atomic E-state index is 12.8. The summed E-state index contributed by atoms with van der Waals surface area (Å²) in [6, 6.07) is 10.7. The number of benzene rings is 1. The highest BCUT2D eigenvalue weighted by atomic mass is 19.4. The van der Waals surface area contributed by atoms with E-state index in [1.807, 2.05) is 49.2 Å². The zero-order chi connectivity index (χ0) is 23.8. The van der Waals surface area contributed by atoms with Gasteiger partial charge in [0.2, 0.25) is 12.3 Å². The highest BCUT2D eigenvalue weighted by Gasteiger charge is 2.31. The van der Waals surface area contributed by atoms with Crippen LogP contribution < -0.4 is 9.80 Å². The zero-order valence-electron chi connectivity index (χ0n) is 19.4. The third-order valence-corrected chi connectivity index (χ3v) is 6.18. The lowest BCUT2D eigenvalue weighted by Gasteiger charge is -2.37. The lowest BCUT2D eigenvalue weighted by molar-refractivity contribution is -0.797. The van der Waals surface area contributed by atoms with Crippen LogP contribution >= 0.6 is 0 Å². The summed E-state index contributed by atoms with van der Waals surface area (Å²) >= 11 is 0. The number of pyridine rings is 1. The molecule has 2 aromatic rings. The van der Waals surface area contributed by atoms with Crippen LogP contribution in [0.5, 0.6) is 0 Å². The molecule has 1 aromatic carbocycles. The molecule has 1 aliphatic heterocycles. The molecule has 4 rings (SSSR count). The maximum atomic E-state index is 12.8. The molecular weight excluding hydrogens is 429 g/mol. The van der Waals surface area contributed by atoms with Crippen molar-refractivity contribution in [3.63, 3.8) is 0 Å². The van der Waals surface area contributed by atoms with E-state index in [1.165, 1.54) is 17.2 Å². The van der Waals surface area contributed by atoms with Crippen molar-refractivity contribution in [1.82, 2.24) is 4.98 Å². The Bertz CT molecular complexity index is 901. The number of hydrogen-bond acceptors (Lipinski definition) is 4. The number of anilines is 2. The van der Waals surface area contributed by atoms with Crippen LogP contribution in [0.3, 0.4) is 0 Å². The molecule has 5 nitrogen and oxygen atoms in total. The molecule has 8 heteroatoms. The Kier molecular flexibility index (Phi) is 8.58. The Balaban J connectivity index is 0.00000149. The molecule has 0 atom stereocenters. The first-order valence-electron chi connectivity index (χ1n) is 11.9. The second kappa shape index (κ2) is 11.4. The molecule has 0 spiro atoms. The van der Waals surface area contributed by atoms with Crippen molar-refractivity contribution in [2.24, 2.45) is 0 Å². The SMILES string of the molecule is CC.O/[N+](=C\c1ccccc1N1CCN(c2ccc(C(F)(F)F)cn2)CC1)C1CCCCC1. The molecule has 0 bridgehead atoms. The second-order valence-electron chi connectivity index (χ2n) is 8.24. The number of alkyl halides is 3. The van der Waals surface area contributed by atoms with Gasteiger partial charge in [-0.15, -0.1) is 0 Å². The number of para-hydroxylation sites is 1. The van der Waals surface area contributed by atoms with Crippen molar-refractivity contribution in [3.05, 3.63) is 53.7 Å².